The van der Waals surface area contributed by atoms with Gasteiger partial charge in [0.05, 0.1) is 0 Å². The van der Waals surface area contributed by atoms with Crippen LogP contribution in [0.5, 0.6) is 5.75 Å². The maximum absolute atomic E-state index is 9.40. The Labute approximate surface area is 141 Å². The molecule has 3 aromatic rings. The van der Waals surface area contributed by atoms with Crippen molar-refractivity contribution < 1.29 is 5.11 Å². The van der Waals surface area contributed by atoms with Crippen LogP contribution in [0.2, 0.25) is 0 Å². The maximum atomic E-state index is 9.40. The van der Waals surface area contributed by atoms with E-state index in [0.717, 1.165) is 17.1 Å². The molecule has 0 unspecified atom stereocenters. The molecule has 0 atom stereocenters. The zero-order chi connectivity index (χ0) is 16.9. The Bertz CT molecular complexity index is 801. The summed E-state index contributed by atoms with van der Waals surface area (Å²) in [7, 11) is 0. The predicted octanol–water partition coefficient (Wildman–Crippen LogP) is 4.41. The van der Waals surface area contributed by atoms with E-state index in [1.807, 2.05) is 36.4 Å². The number of hydrogen-bond donors (Lipinski definition) is 3. The van der Waals surface area contributed by atoms with E-state index in [0.29, 0.717) is 11.6 Å². The first-order valence-electron chi connectivity index (χ1n) is 7.87. The summed E-state index contributed by atoms with van der Waals surface area (Å²) in [6, 6.07) is 18.9. The highest BCUT2D eigenvalue weighted by Gasteiger charge is 2.08. The standard InChI is InChI=1S/C19H20N4O/c1-13(2)20-17-12-18(21-15-8-10-16(24)11-9-15)23-19(22-17)14-6-4-3-5-7-14/h3-13,24H,1-2H3,(H2,20,21,22,23). The summed E-state index contributed by atoms with van der Waals surface area (Å²) in [5, 5.41) is 16.0. The van der Waals surface area contributed by atoms with Gasteiger partial charge in [0.1, 0.15) is 17.4 Å². The van der Waals surface area contributed by atoms with Crippen LogP contribution in [0, 0.1) is 0 Å². The number of benzene rings is 2. The number of aromatic nitrogens is 2. The van der Waals surface area contributed by atoms with Crippen molar-refractivity contribution in [1.29, 1.82) is 0 Å². The molecular weight excluding hydrogens is 300 g/mol. The molecular formula is C19H20N4O. The third kappa shape index (κ3) is 4.01. The highest BCUT2D eigenvalue weighted by molar-refractivity contribution is 5.65. The van der Waals surface area contributed by atoms with E-state index in [9.17, 15) is 5.11 Å². The van der Waals surface area contributed by atoms with E-state index in [-0.39, 0.29) is 11.8 Å². The molecule has 3 N–H and O–H groups in total. The van der Waals surface area contributed by atoms with Gasteiger partial charge in [-0.2, -0.15) is 0 Å². The fourth-order valence-corrected chi connectivity index (χ4v) is 2.29. The Morgan fingerprint density at radius 3 is 2.21 bits per heavy atom. The van der Waals surface area contributed by atoms with Crippen LogP contribution >= 0.6 is 0 Å². The third-order valence-corrected chi connectivity index (χ3v) is 3.33. The SMILES string of the molecule is CC(C)Nc1cc(Nc2ccc(O)cc2)nc(-c2ccccc2)n1. The molecule has 3 rings (SSSR count). The fraction of sp³-hybridized carbons (Fsp3) is 0.158. The van der Waals surface area contributed by atoms with Gasteiger partial charge in [0, 0.05) is 23.4 Å². The molecule has 0 aliphatic rings. The molecule has 0 saturated carbocycles. The lowest BCUT2D eigenvalue weighted by molar-refractivity contribution is 0.475. The highest BCUT2D eigenvalue weighted by atomic mass is 16.3. The molecule has 2 aromatic carbocycles. The van der Waals surface area contributed by atoms with Gasteiger partial charge in [0.25, 0.3) is 0 Å². The summed E-state index contributed by atoms with van der Waals surface area (Å²) in [5.74, 6) is 2.34. The van der Waals surface area contributed by atoms with Crippen molar-refractivity contribution in [2.24, 2.45) is 0 Å². The van der Waals surface area contributed by atoms with Crippen LogP contribution in [0.3, 0.4) is 0 Å². The summed E-state index contributed by atoms with van der Waals surface area (Å²) in [4.78, 5) is 9.20. The average Bonchev–Trinajstić information content (AvgIpc) is 2.57. The Morgan fingerprint density at radius 2 is 1.54 bits per heavy atom. The molecule has 1 aromatic heterocycles. The molecule has 0 fully saturated rings. The number of anilines is 3. The van der Waals surface area contributed by atoms with Gasteiger partial charge in [-0.3, -0.25) is 0 Å². The normalized spacial score (nSPS) is 10.6. The van der Waals surface area contributed by atoms with Crippen LogP contribution in [-0.4, -0.2) is 21.1 Å². The van der Waals surface area contributed by atoms with E-state index < -0.39 is 0 Å². The number of rotatable bonds is 5. The second kappa shape index (κ2) is 7.00. The molecule has 0 aliphatic heterocycles. The summed E-state index contributed by atoms with van der Waals surface area (Å²) in [6.07, 6.45) is 0. The quantitative estimate of drug-likeness (QED) is 0.607. The van der Waals surface area contributed by atoms with Gasteiger partial charge in [-0.1, -0.05) is 30.3 Å². The molecule has 24 heavy (non-hydrogen) atoms. The summed E-state index contributed by atoms with van der Waals surface area (Å²) in [5.41, 5.74) is 1.81. The molecule has 0 bridgehead atoms. The first kappa shape index (κ1) is 15.8. The van der Waals surface area contributed by atoms with Gasteiger partial charge in [-0.05, 0) is 38.1 Å². The minimum atomic E-state index is 0.232. The van der Waals surface area contributed by atoms with Gasteiger partial charge >= 0.3 is 0 Å². The van der Waals surface area contributed by atoms with Crippen molar-refractivity contribution in [3.63, 3.8) is 0 Å². The van der Waals surface area contributed by atoms with E-state index in [1.165, 1.54) is 0 Å². The van der Waals surface area contributed by atoms with Crippen molar-refractivity contribution >= 4 is 17.3 Å². The van der Waals surface area contributed by atoms with Crippen molar-refractivity contribution in [2.45, 2.75) is 19.9 Å². The van der Waals surface area contributed by atoms with E-state index >= 15 is 0 Å². The number of hydrogen-bond acceptors (Lipinski definition) is 5. The van der Waals surface area contributed by atoms with Crippen LogP contribution in [-0.2, 0) is 0 Å². The molecule has 122 valence electrons. The number of nitrogens with zero attached hydrogens (tertiary/aromatic N) is 2. The zero-order valence-corrected chi connectivity index (χ0v) is 13.7. The molecule has 0 amide bonds. The lowest BCUT2D eigenvalue weighted by Crippen LogP contribution is -2.12. The molecule has 1 heterocycles. The Morgan fingerprint density at radius 1 is 0.875 bits per heavy atom. The number of nitrogens with one attached hydrogen (secondary N) is 2. The van der Waals surface area contributed by atoms with Gasteiger partial charge in [0.15, 0.2) is 5.82 Å². The summed E-state index contributed by atoms with van der Waals surface area (Å²) in [6.45, 7) is 4.13. The second-order valence-electron chi connectivity index (χ2n) is 5.80. The van der Waals surface area contributed by atoms with E-state index in [4.69, 9.17) is 0 Å². The smallest absolute Gasteiger partial charge is 0.163 e. The lowest BCUT2D eigenvalue weighted by Gasteiger charge is -2.13. The van der Waals surface area contributed by atoms with Crippen LogP contribution in [0.15, 0.2) is 60.7 Å². The van der Waals surface area contributed by atoms with Crippen molar-refractivity contribution in [3.8, 4) is 17.1 Å². The summed E-state index contributed by atoms with van der Waals surface area (Å²) < 4.78 is 0. The Kier molecular flexibility index (Phi) is 4.61. The number of phenolic OH excluding ortho intramolecular Hbond substituents is 1. The number of phenols is 1. The third-order valence-electron chi connectivity index (χ3n) is 3.33. The highest BCUT2D eigenvalue weighted by Crippen LogP contribution is 2.24. The van der Waals surface area contributed by atoms with E-state index in [2.05, 4.69) is 34.4 Å². The Balaban J connectivity index is 1.96. The van der Waals surface area contributed by atoms with Crippen LogP contribution < -0.4 is 10.6 Å². The molecule has 0 radical (unpaired) electrons. The maximum Gasteiger partial charge on any atom is 0.163 e. The lowest BCUT2D eigenvalue weighted by atomic mass is 10.2. The first-order chi connectivity index (χ1) is 11.6. The molecule has 5 heteroatoms. The van der Waals surface area contributed by atoms with Gasteiger partial charge < -0.3 is 15.7 Å². The fourth-order valence-electron chi connectivity index (χ4n) is 2.29. The van der Waals surface area contributed by atoms with Crippen LogP contribution in [0.4, 0.5) is 17.3 Å². The van der Waals surface area contributed by atoms with Gasteiger partial charge in [-0.25, -0.2) is 9.97 Å². The largest absolute Gasteiger partial charge is 0.508 e. The minimum absolute atomic E-state index is 0.232. The second-order valence-corrected chi connectivity index (χ2v) is 5.80. The molecule has 0 aliphatic carbocycles. The minimum Gasteiger partial charge on any atom is -0.508 e. The average molecular weight is 320 g/mol. The number of aromatic hydroxyl groups is 1. The predicted molar refractivity (Wildman–Crippen MR) is 97.6 cm³/mol. The molecule has 5 nitrogen and oxygen atoms in total. The van der Waals surface area contributed by atoms with Gasteiger partial charge in [-0.15, -0.1) is 0 Å². The van der Waals surface area contributed by atoms with Gasteiger partial charge in [0.2, 0.25) is 0 Å². The zero-order valence-electron chi connectivity index (χ0n) is 13.7. The topological polar surface area (TPSA) is 70.1 Å². The van der Waals surface area contributed by atoms with E-state index in [1.54, 1.807) is 24.3 Å². The molecule has 0 saturated heterocycles. The van der Waals surface area contributed by atoms with Crippen LogP contribution in [0.1, 0.15) is 13.8 Å². The van der Waals surface area contributed by atoms with Crippen molar-refractivity contribution in [3.05, 3.63) is 60.7 Å². The van der Waals surface area contributed by atoms with Crippen LogP contribution in [0.25, 0.3) is 11.4 Å². The summed E-state index contributed by atoms with van der Waals surface area (Å²) >= 11 is 0. The van der Waals surface area contributed by atoms with Crippen molar-refractivity contribution in [1.82, 2.24) is 9.97 Å². The monoisotopic (exact) mass is 320 g/mol. The van der Waals surface area contributed by atoms with Crippen molar-refractivity contribution in [2.75, 3.05) is 10.6 Å². The Hall–Kier alpha value is -3.08. The first-order valence-corrected chi connectivity index (χ1v) is 7.87. The molecule has 0 spiro atoms.